The average Bonchev–Trinajstić information content (AvgIpc) is 2.69. The summed E-state index contributed by atoms with van der Waals surface area (Å²) in [6.45, 7) is 7.90. The van der Waals surface area contributed by atoms with Gasteiger partial charge in [0.05, 0.1) is 25.6 Å². The van der Waals surface area contributed by atoms with Crippen LogP contribution in [0.5, 0.6) is 11.5 Å². The van der Waals surface area contributed by atoms with E-state index < -0.39 is 0 Å². The predicted octanol–water partition coefficient (Wildman–Crippen LogP) is 3.75. The highest BCUT2D eigenvalue weighted by atomic mass is 16.5. The van der Waals surface area contributed by atoms with Gasteiger partial charge in [0.15, 0.2) is 11.6 Å². The van der Waals surface area contributed by atoms with E-state index in [4.69, 9.17) is 18.9 Å². The molecule has 0 spiro atoms. The fraction of sp³-hybridized carbons (Fsp3) is 0.500. The predicted molar refractivity (Wildman–Crippen MR) is 101 cm³/mol. The molecule has 0 fully saturated rings. The van der Waals surface area contributed by atoms with Crippen molar-refractivity contribution < 1.29 is 18.9 Å². The summed E-state index contributed by atoms with van der Waals surface area (Å²) < 4.78 is 22.0. The number of hydrogen-bond acceptors (Lipinski definition) is 6. The van der Waals surface area contributed by atoms with Crippen molar-refractivity contribution in [2.45, 2.75) is 26.7 Å². The van der Waals surface area contributed by atoms with Crippen LogP contribution in [0, 0.1) is 0 Å². The molecule has 0 amide bonds. The van der Waals surface area contributed by atoms with Crippen LogP contribution in [0.2, 0.25) is 0 Å². The van der Waals surface area contributed by atoms with Gasteiger partial charge in [-0.05, 0) is 37.1 Å². The third kappa shape index (κ3) is 7.37. The molecule has 1 aromatic heterocycles. The molecule has 0 aliphatic carbocycles. The van der Waals surface area contributed by atoms with E-state index in [0.29, 0.717) is 38.0 Å². The van der Waals surface area contributed by atoms with Crippen LogP contribution in [0.15, 0.2) is 36.7 Å². The summed E-state index contributed by atoms with van der Waals surface area (Å²) in [6, 6.07) is 7.70. The standard InChI is InChI=1S/C20H28N2O4/c1-3-9-23-11-13-25-18-7-5-17(6-8-18)20-21-15-19(16-22-20)26-14-12-24-10-4-2/h5-8,15-16H,3-4,9-14H2,1-2H3. The zero-order chi connectivity index (χ0) is 18.5. The Morgan fingerprint density at radius 2 is 1.19 bits per heavy atom. The molecular weight excluding hydrogens is 332 g/mol. The SMILES string of the molecule is CCCOCCOc1ccc(-c2ncc(OCCOCCC)cn2)cc1. The fourth-order valence-electron chi connectivity index (χ4n) is 2.17. The van der Waals surface area contributed by atoms with Crippen LogP contribution in [0.1, 0.15) is 26.7 Å². The fourth-order valence-corrected chi connectivity index (χ4v) is 2.17. The summed E-state index contributed by atoms with van der Waals surface area (Å²) in [5.41, 5.74) is 0.928. The highest BCUT2D eigenvalue weighted by molar-refractivity contribution is 5.56. The van der Waals surface area contributed by atoms with Crippen LogP contribution in [0.4, 0.5) is 0 Å². The molecule has 6 nitrogen and oxygen atoms in total. The maximum absolute atomic E-state index is 5.64. The molecular formula is C20H28N2O4. The van der Waals surface area contributed by atoms with Crippen molar-refractivity contribution in [3.05, 3.63) is 36.7 Å². The Morgan fingerprint density at radius 1 is 0.654 bits per heavy atom. The minimum Gasteiger partial charge on any atom is -0.491 e. The first-order valence-corrected chi connectivity index (χ1v) is 9.17. The summed E-state index contributed by atoms with van der Waals surface area (Å²) in [5.74, 6) is 2.10. The smallest absolute Gasteiger partial charge is 0.159 e. The van der Waals surface area contributed by atoms with Gasteiger partial charge in [-0.2, -0.15) is 0 Å². The second kappa shape index (κ2) is 12.2. The minimum atomic E-state index is 0.497. The van der Waals surface area contributed by atoms with Gasteiger partial charge in [0.25, 0.3) is 0 Å². The van der Waals surface area contributed by atoms with Crippen molar-refractivity contribution in [1.82, 2.24) is 9.97 Å². The third-order valence-corrected chi connectivity index (χ3v) is 3.43. The van der Waals surface area contributed by atoms with E-state index in [0.717, 1.165) is 37.4 Å². The Morgan fingerprint density at radius 3 is 1.73 bits per heavy atom. The lowest BCUT2D eigenvalue weighted by Gasteiger charge is -2.08. The summed E-state index contributed by atoms with van der Waals surface area (Å²) in [7, 11) is 0. The zero-order valence-corrected chi connectivity index (χ0v) is 15.6. The molecule has 0 radical (unpaired) electrons. The molecule has 0 saturated heterocycles. The van der Waals surface area contributed by atoms with Crippen LogP contribution in [-0.4, -0.2) is 49.6 Å². The second-order valence-corrected chi connectivity index (χ2v) is 5.69. The lowest BCUT2D eigenvalue weighted by Crippen LogP contribution is -2.07. The van der Waals surface area contributed by atoms with Crippen molar-refractivity contribution >= 4 is 0 Å². The van der Waals surface area contributed by atoms with Crippen molar-refractivity contribution in [2.24, 2.45) is 0 Å². The molecule has 1 heterocycles. The first-order valence-electron chi connectivity index (χ1n) is 9.17. The maximum atomic E-state index is 5.64. The van der Waals surface area contributed by atoms with Crippen molar-refractivity contribution in [3.8, 4) is 22.9 Å². The minimum absolute atomic E-state index is 0.497. The number of rotatable bonds is 13. The molecule has 0 unspecified atom stereocenters. The topological polar surface area (TPSA) is 62.7 Å². The van der Waals surface area contributed by atoms with Crippen LogP contribution in [0.25, 0.3) is 11.4 Å². The number of nitrogens with zero attached hydrogens (tertiary/aromatic N) is 2. The highest BCUT2D eigenvalue weighted by Gasteiger charge is 2.03. The van der Waals surface area contributed by atoms with E-state index in [1.165, 1.54) is 0 Å². The summed E-state index contributed by atoms with van der Waals surface area (Å²) in [6.07, 6.45) is 5.38. The Kier molecular flexibility index (Phi) is 9.46. The molecule has 2 rings (SSSR count). The lowest BCUT2D eigenvalue weighted by molar-refractivity contribution is 0.100. The number of ether oxygens (including phenoxy) is 4. The lowest BCUT2D eigenvalue weighted by atomic mass is 10.2. The van der Waals surface area contributed by atoms with E-state index in [2.05, 4.69) is 23.8 Å². The van der Waals surface area contributed by atoms with Gasteiger partial charge in [0, 0.05) is 18.8 Å². The molecule has 0 saturated carbocycles. The second-order valence-electron chi connectivity index (χ2n) is 5.69. The van der Waals surface area contributed by atoms with E-state index >= 15 is 0 Å². The van der Waals surface area contributed by atoms with Crippen molar-refractivity contribution in [2.75, 3.05) is 39.6 Å². The number of benzene rings is 1. The molecule has 26 heavy (non-hydrogen) atoms. The average molecular weight is 360 g/mol. The Hall–Kier alpha value is -2.18. The Balaban J connectivity index is 1.77. The normalized spacial score (nSPS) is 10.7. The Bertz CT molecular complexity index is 547. The maximum Gasteiger partial charge on any atom is 0.159 e. The van der Waals surface area contributed by atoms with Gasteiger partial charge in [-0.25, -0.2) is 9.97 Å². The van der Waals surface area contributed by atoms with Gasteiger partial charge < -0.3 is 18.9 Å². The molecule has 0 bridgehead atoms. The van der Waals surface area contributed by atoms with Crippen molar-refractivity contribution in [1.29, 1.82) is 0 Å². The number of aromatic nitrogens is 2. The van der Waals surface area contributed by atoms with Gasteiger partial charge >= 0.3 is 0 Å². The first-order chi connectivity index (χ1) is 12.8. The third-order valence-electron chi connectivity index (χ3n) is 3.43. The molecule has 0 N–H and O–H groups in total. The Labute approximate surface area is 155 Å². The highest BCUT2D eigenvalue weighted by Crippen LogP contribution is 2.20. The largest absolute Gasteiger partial charge is 0.491 e. The zero-order valence-electron chi connectivity index (χ0n) is 15.6. The van der Waals surface area contributed by atoms with Gasteiger partial charge in [0.1, 0.15) is 19.0 Å². The van der Waals surface area contributed by atoms with Crippen molar-refractivity contribution in [3.63, 3.8) is 0 Å². The van der Waals surface area contributed by atoms with Crippen LogP contribution in [0.3, 0.4) is 0 Å². The summed E-state index contributed by atoms with van der Waals surface area (Å²) in [5, 5.41) is 0. The van der Waals surface area contributed by atoms with Crippen LogP contribution >= 0.6 is 0 Å². The molecule has 142 valence electrons. The molecule has 1 aromatic carbocycles. The quantitative estimate of drug-likeness (QED) is 0.507. The molecule has 0 aliphatic heterocycles. The van der Waals surface area contributed by atoms with Gasteiger partial charge in [-0.1, -0.05) is 13.8 Å². The van der Waals surface area contributed by atoms with E-state index in [1.807, 2.05) is 24.3 Å². The van der Waals surface area contributed by atoms with Gasteiger partial charge in [-0.15, -0.1) is 0 Å². The summed E-state index contributed by atoms with van der Waals surface area (Å²) >= 11 is 0. The first kappa shape index (κ1) is 20.1. The molecule has 0 atom stereocenters. The monoisotopic (exact) mass is 360 g/mol. The van der Waals surface area contributed by atoms with E-state index in [1.54, 1.807) is 12.4 Å². The molecule has 2 aromatic rings. The number of hydrogen-bond donors (Lipinski definition) is 0. The molecule has 0 aliphatic rings. The van der Waals surface area contributed by atoms with E-state index in [-0.39, 0.29) is 0 Å². The van der Waals surface area contributed by atoms with Gasteiger partial charge in [0.2, 0.25) is 0 Å². The molecule has 6 heteroatoms. The van der Waals surface area contributed by atoms with Gasteiger partial charge in [-0.3, -0.25) is 0 Å². The van der Waals surface area contributed by atoms with Crippen LogP contribution < -0.4 is 9.47 Å². The van der Waals surface area contributed by atoms with Crippen LogP contribution in [-0.2, 0) is 9.47 Å². The van der Waals surface area contributed by atoms with E-state index in [9.17, 15) is 0 Å². The summed E-state index contributed by atoms with van der Waals surface area (Å²) in [4.78, 5) is 8.70.